The van der Waals surface area contributed by atoms with Gasteiger partial charge in [0.2, 0.25) is 6.08 Å². The molecule has 0 aliphatic carbocycles. The summed E-state index contributed by atoms with van der Waals surface area (Å²) in [5.41, 5.74) is -0.551. The van der Waals surface area contributed by atoms with Crippen LogP contribution in [0.15, 0.2) is 4.99 Å². The zero-order chi connectivity index (χ0) is 12.1. The van der Waals surface area contributed by atoms with Gasteiger partial charge >= 0.3 is 5.97 Å². The topological polar surface area (TPSA) is 55.7 Å². The van der Waals surface area contributed by atoms with Crippen molar-refractivity contribution in [1.29, 1.82) is 0 Å². The normalized spacial score (nSPS) is 13.2. The van der Waals surface area contributed by atoms with Crippen molar-refractivity contribution in [3.63, 3.8) is 0 Å². The van der Waals surface area contributed by atoms with Crippen LogP contribution in [0.3, 0.4) is 0 Å². The summed E-state index contributed by atoms with van der Waals surface area (Å²) in [6.45, 7) is 9.25. The Kier molecular flexibility index (Phi) is 5.23. The molecule has 15 heavy (non-hydrogen) atoms. The predicted octanol–water partition coefficient (Wildman–Crippen LogP) is 2.08. The fraction of sp³-hybridized carbons (Fsp3) is 0.818. The van der Waals surface area contributed by atoms with Crippen LogP contribution in [0.25, 0.3) is 0 Å². The van der Waals surface area contributed by atoms with Crippen LogP contribution in [0.5, 0.6) is 0 Å². The number of hydrogen-bond acceptors (Lipinski definition) is 4. The molecule has 0 bridgehead atoms. The van der Waals surface area contributed by atoms with Crippen LogP contribution >= 0.6 is 0 Å². The van der Waals surface area contributed by atoms with Gasteiger partial charge in [-0.3, -0.25) is 0 Å². The smallest absolute Gasteiger partial charge is 0.332 e. The van der Waals surface area contributed by atoms with Gasteiger partial charge in [-0.25, -0.2) is 9.59 Å². The van der Waals surface area contributed by atoms with Gasteiger partial charge in [-0.1, -0.05) is 13.8 Å². The minimum absolute atomic E-state index is 0.277. The Morgan fingerprint density at radius 3 is 2.27 bits per heavy atom. The van der Waals surface area contributed by atoms with E-state index in [4.69, 9.17) is 4.74 Å². The van der Waals surface area contributed by atoms with Crippen molar-refractivity contribution in [1.82, 2.24) is 0 Å². The molecule has 0 saturated heterocycles. The molecule has 0 spiro atoms. The summed E-state index contributed by atoms with van der Waals surface area (Å²) in [6, 6.07) is -0.721. The van der Waals surface area contributed by atoms with E-state index in [9.17, 15) is 9.59 Å². The number of ether oxygens (including phenoxy) is 1. The molecular formula is C11H19NO3. The maximum Gasteiger partial charge on any atom is 0.332 e. The molecule has 0 N–H and O–H groups in total. The van der Waals surface area contributed by atoms with Gasteiger partial charge in [0.05, 0.1) is 0 Å². The molecule has 0 aromatic carbocycles. The van der Waals surface area contributed by atoms with Gasteiger partial charge in [0.25, 0.3) is 0 Å². The third kappa shape index (κ3) is 6.86. The molecule has 0 rings (SSSR count). The molecule has 0 aliphatic rings. The second-order valence-corrected chi connectivity index (χ2v) is 4.90. The van der Waals surface area contributed by atoms with Crippen LogP contribution in [0.2, 0.25) is 0 Å². The van der Waals surface area contributed by atoms with E-state index >= 15 is 0 Å². The minimum Gasteiger partial charge on any atom is -0.458 e. The van der Waals surface area contributed by atoms with E-state index < -0.39 is 17.6 Å². The predicted molar refractivity (Wildman–Crippen MR) is 57.2 cm³/mol. The zero-order valence-corrected chi connectivity index (χ0v) is 10.0. The quantitative estimate of drug-likeness (QED) is 0.408. The van der Waals surface area contributed by atoms with Crippen molar-refractivity contribution in [3.8, 4) is 0 Å². The molecule has 0 heterocycles. The van der Waals surface area contributed by atoms with E-state index in [1.54, 1.807) is 20.8 Å². The molecule has 0 unspecified atom stereocenters. The molecule has 86 valence electrons. The van der Waals surface area contributed by atoms with E-state index in [1.807, 2.05) is 13.8 Å². The highest BCUT2D eigenvalue weighted by atomic mass is 16.6. The molecule has 1 atom stereocenters. The number of hydrogen-bond donors (Lipinski definition) is 0. The summed E-state index contributed by atoms with van der Waals surface area (Å²) in [6.07, 6.45) is 1.92. The Hall–Kier alpha value is -1.15. The number of nitrogens with zero attached hydrogens (tertiary/aromatic N) is 1. The van der Waals surface area contributed by atoms with E-state index in [1.165, 1.54) is 6.08 Å². The Bertz CT molecular complexity index is 259. The number of carbonyl (C=O) groups excluding carboxylic acids is 2. The van der Waals surface area contributed by atoms with Gasteiger partial charge in [0.1, 0.15) is 5.60 Å². The highest BCUT2D eigenvalue weighted by Crippen LogP contribution is 2.14. The van der Waals surface area contributed by atoms with Crippen molar-refractivity contribution < 1.29 is 14.3 Å². The average Bonchev–Trinajstić information content (AvgIpc) is 1.99. The van der Waals surface area contributed by atoms with Gasteiger partial charge < -0.3 is 4.74 Å². The molecular weight excluding hydrogens is 194 g/mol. The Morgan fingerprint density at radius 1 is 1.40 bits per heavy atom. The number of carbonyl (C=O) groups is 1. The lowest BCUT2D eigenvalue weighted by Crippen LogP contribution is -2.31. The molecule has 0 aromatic rings. The van der Waals surface area contributed by atoms with Crippen LogP contribution in [-0.4, -0.2) is 23.7 Å². The van der Waals surface area contributed by atoms with E-state index in [-0.39, 0.29) is 5.92 Å². The van der Waals surface area contributed by atoms with Crippen LogP contribution in [-0.2, 0) is 14.3 Å². The first-order valence-corrected chi connectivity index (χ1v) is 5.06. The van der Waals surface area contributed by atoms with Gasteiger partial charge in [0.15, 0.2) is 6.04 Å². The first-order chi connectivity index (χ1) is 6.76. The van der Waals surface area contributed by atoms with Crippen LogP contribution in [0.1, 0.15) is 41.0 Å². The molecule has 4 nitrogen and oxygen atoms in total. The summed E-state index contributed by atoms with van der Waals surface area (Å²) in [7, 11) is 0. The van der Waals surface area contributed by atoms with Crippen LogP contribution in [0.4, 0.5) is 0 Å². The number of isocyanates is 1. The van der Waals surface area contributed by atoms with E-state index in [0.29, 0.717) is 6.42 Å². The largest absolute Gasteiger partial charge is 0.458 e. The lowest BCUT2D eigenvalue weighted by Gasteiger charge is -2.22. The monoisotopic (exact) mass is 213 g/mol. The molecule has 0 aliphatic heterocycles. The fourth-order valence-corrected chi connectivity index (χ4v) is 1.08. The molecule has 4 heteroatoms. The van der Waals surface area contributed by atoms with Gasteiger partial charge in [-0.2, -0.15) is 4.99 Å². The average molecular weight is 213 g/mol. The fourth-order valence-electron chi connectivity index (χ4n) is 1.08. The Balaban J connectivity index is 4.49. The summed E-state index contributed by atoms with van der Waals surface area (Å²) in [5.74, 6) is -0.181. The molecule has 0 aromatic heterocycles. The third-order valence-corrected chi connectivity index (χ3v) is 1.58. The van der Waals surface area contributed by atoms with Crippen molar-refractivity contribution in [2.24, 2.45) is 10.9 Å². The molecule has 0 fully saturated rings. The zero-order valence-electron chi connectivity index (χ0n) is 10.0. The summed E-state index contributed by atoms with van der Waals surface area (Å²) < 4.78 is 5.14. The lowest BCUT2D eigenvalue weighted by atomic mass is 10.0. The van der Waals surface area contributed by atoms with Crippen LogP contribution < -0.4 is 0 Å². The third-order valence-electron chi connectivity index (χ3n) is 1.58. The first kappa shape index (κ1) is 13.8. The second-order valence-electron chi connectivity index (χ2n) is 4.90. The van der Waals surface area contributed by atoms with Crippen molar-refractivity contribution >= 4 is 12.0 Å². The first-order valence-electron chi connectivity index (χ1n) is 5.06. The van der Waals surface area contributed by atoms with Crippen molar-refractivity contribution in [2.45, 2.75) is 52.7 Å². The van der Waals surface area contributed by atoms with E-state index in [0.717, 1.165) is 0 Å². The Labute approximate surface area is 90.7 Å². The second kappa shape index (κ2) is 5.66. The molecule has 0 saturated carbocycles. The highest BCUT2D eigenvalue weighted by Gasteiger charge is 2.25. The standard InChI is InChI=1S/C11H19NO3/c1-8(2)6-9(12-7-13)10(14)15-11(3,4)5/h8-9H,6H2,1-5H3/t9-/m1/s1. The summed E-state index contributed by atoms with van der Waals surface area (Å²) in [4.78, 5) is 25.2. The number of esters is 1. The van der Waals surface area contributed by atoms with E-state index in [2.05, 4.69) is 4.99 Å². The summed E-state index contributed by atoms with van der Waals surface area (Å²) in [5, 5.41) is 0. The van der Waals surface area contributed by atoms with Gasteiger partial charge in [-0.15, -0.1) is 0 Å². The maximum absolute atomic E-state index is 11.6. The Morgan fingerprint density at radius 2 is 1.93 bits per heavy atom. The van der Waals surface area contributed by atoms with Crippen molar-refractivity contribution in [3.05, 3.63) is 0 Å². The van der Waals surface area contributed by atoms with Gasteiger partial charge in [-0.05, 0) is 33.1 Å². The molecule has 0 radical (unpaired) electrons. The minimum atomic E-state index is -0.721. The lowest BCUT2D eigenvalue weighted by molar-refractivity contribution is -0.156. The number of aliphatic imine (C=N–C) groups is 1. The van der Waals surface area contributed by atoms with Gasteiger partial charge in [0, 0.05) is 0 Å². The summed E-state index contributed by atoms with van der Waals surface area (Å²) >= 11 is 0. The maximum atomic E-state index is 11.6. The van der Waals surface area contributed by atoms with Crippen molar-refractivity contribution in [2.75, 3.05) is 0 Å². The number of rotatable bonds is 4. The highest BCUT2D eigenvalue weighted by molar-refractivity contribution is 5.77. The van der Waals surface area contributed by atoms with Crippen LogP contribution in [0, 0.1) is 5.92 Å². The SMILES string of the molecule is CC(C)C[C@@H](N=C=O)C(=O)OC(C)(C)C. The molecule has 0 amide bonds.